The van der Waals surface area contributed by atoms with E-state index >= 15 is 0 Å². The molecule has 0 spiro atoms. The Morgan fingerprint density at radius 2 is 1.95 bits per heavy atom. The van der Waals surface area contributed by atoms with Crippen molar-refractivity contribution < 1.29 is 19.8 Å². The summed E-state index contributed by atoms with van der Waals surface area (Å²) in [5.41, 5.74) is 9.71. The molecule has 2 aliphatic heterocycles. The number of β-amino-alcohol motifs (C(OH)–C–C–N with tert-alkyl or cyclic N) is 1. The lowest BCUT2D eigenvalue weighted by molar-refractivity contribution is -0.145. The van der Waals surface area contributed by atoms with Crippen LogP contribution in [-0.2, 0) is 22.7 Å². The Morgan fingerprint density at radius 3 is 2.60 bits per heavy atom. The summed E-state index contributed by atoms with van der Waals surface area (Å²) in [5.74, 6) is 0.284. The number of aromatic nitrogens is 1. The minimum Gasteiger partial charge on any atom is -0.391 e. The molecule has 4 atom stereocenters. The molecule has 0 saturated carbocycles. The number of thiazole rings is 1. The zero-order valence-corrected chi connectivity index (χ0v) is 24.1. The Morgan fingerprint density at radius 1 is 1.20 bits per heavy atom. The second-order valence-corrected chi connectivity index (χ2v) is 11.7. The van der Waals surface area contributed by atoms with E-state index in [0.717, 1.165) is 32.8 Å². The first-order valence-corrected chi connectivity index (χ1v) is 14.5. The summed E-state index contributed by atoms with van der Waals surface area (Å²) in [4.78, 5) is 33.2. The number of amides is 1. The molecule has 1 saturated heterocycles. The van der Waals surface area contributed by atoms with Crippen molar-refractivity contribution >= 4 is 23.1 Å². The molecule has 3 heterocycles. The quantitative estimate of drug-likeness (QED) is 0.218. The third kappa shape index (κ3) is 5.68. The number of hydrogen-bond acceptors (Lipinski definition) is 8. The monoisotopic (exact) mass is 563 g/mol. The lowest BCUT2D eigenvalue weighted by atomic mass is 10.00. The van der Waals surface area contributed by atoms with Gasteiger partial charge in [-0.25, -0.2) is 4.98 Å². The van der Waals surface area contributed by atoms with Crippen molar-refractivity contribution in [1.29, 1.82) is 0 Å². The highest BCUT2D eigenvalue weighted by molar-refractivity contribution is 7.13. The van der Waals surface area contributed by atoms with Crippen molar-refractivity contribution in [2.24, 2.45) is 10.9 Å². The fourth-order valence-electron chi connectivity index (χ4n) is 5.77. The van der Waals surface area contributed by atoms with Gasteiger partial charge in [-0.05, 0) is 35.1 Å². The number of likely N-dealkylation sites (tertiary alicyclic amines) is 1. The van der Waals surface area contributed by atoms with Crippen molar-refractivity contribution in [3.8, 4) is 10.4 Å². The lowest BCUT2D eigenvalue weighted by Crippen LogP contribution is -2.55. The summed E-state index contributed by atoms with van der Waals surface area (Å²) < 4.78 is 0. The SMILES string of the molecule is CONC(=NCc1ccc(-c2scnc2C)cc1)[C@@H]1C[C@@H](O)CN1C(=O)[C@H](C(C)C)N1Cc2ccccc2C1O. The summed E-state index contributed by atoms with van der Waals surface area (Å²) in [6.07, 6.45) is -1.20. The van der Waals surface area contributed by atoms with E-state index in [1.54, 1.807) is 16.2 Å². The van der Waals surface area contributed by atoms with Gasteiger partial charge in [0, 0.05) is 19.5 Å². The summed E-state index contributed by atoms with van der Waals surface area (Å²) in [5, 5.41) is 21.8. The van der Waals surface area contributed by atoms with Crippen molar-refractivity contribution in [2.45, 2.75) is 64.7 Å². The van der Waals surface area contributed by atoms with Crippen LogP contribution in [-0.4, -0.2) is 68.6 Å². The highest BCUT2D eigenvalue weighted by Crippen LogP contribution is 2.36. The third-order valence-corrected chi connectivity index (χ3v) is 8.70. The van der Waals surface area contributed by atoms with Crippen LogP contribution >= 0.6 is 11.3 Å². The molecule has 1 fully saturated rings. The van der Waals surface area contributed by atoms with Gasteiger partial charge in [-0.2, -0.15) is 0 Å². The molecule has 3 N–H and O–H groups in total. The molecule has 1 amide bonds. The predicted octanol–water partition coefficient (Wildman–Crippen LogP) is 3.66. The molecule has 0 aliphatic carbocycles. The number of carbonyl (C=O) groups is 1. The van der Waals surface area contributed by atoms with Crippen LogP contribution in [0.4, 0.5) is 0 Å². The molecule has 5 rings (SSSR count). The van der Waals surface area contributed by atoms with E-state index in [4.69, 9.17) is 9.83 Å². The molecular weight excluding hydrogens is 526 g/mol. The summed E-state index contributed by atoms with van der Waals surface area (Å²) in [6.45, 7) is 7.04. The first-order chi connectivity index (χ1) is 19.3. The zero-order chi connectivity index (χ0) is 28.4. The van der Waals surface area contributed by atoms with Crippen LogP contribution in [0.2, 0.25) is 0 Å². The fraction of sp³-hybridized carbons (Fsp3) is 0.433. The van der Waals surface area contributed by atoms with Gasteiger partial charge < -0.3 is 15.1 Å². The Kier molecular flexibility index (Phi) is 8.62. The number of fused-ring (bicyclic) bond motifs is 1. The average molecular weight is 564 g/mol. The predicted molar refractivity (Wildman–Crippen MR) is 155 cm³/mol. The molecule has 2 aliphatic rings. The number of aliphatic hydroxyl groups excluding tert-OH is 2. The van der Waals surface area contributed by atoms with Crippen LogP contribution in [0.15, 0.2) is 59.0 Å². The topological polar surface area (TPSA) is 111 Å². The number of aliphatic imine (C=N–C) groups is 1. The van der Waals surface area contributed by atoms with E-state index in [2.05, 4.69) is 22.6 Å². The maximum absolute atomic E-state index is 14.1. The Bertz CT molecular complexity index is 1360. The Balaban J connectivity index is 1.36. The van der Waals surface area contributed by atoms with Crippen LogP contribution in [0, 0.1) is 12.8 Å². The Hall–Kier alpha value is -3.15. The molecule has 1 unspecified atom stereocenters. The molecule has 3 aromatic rings. The summed E-state index contributed by atoms with van der Waals surface area (Å²) >= 11 is 1.62. The van der Waals surface area contributed by atoms with Gasteiger partial charge in [0.1, 0.15) is 12.1 Å². The number of aliphatic hydroxyl groups is 2. The van der Waals surface area contributed by atoms with Crippen molar-refractivity contribution in [3.63, 3.8) is 0 Å². The van der Waals surface area contributed by atoms with Gasteiger partial charge >= 0.3 is 0 Å². The molecule has 9 nitrogen and oxygen atoms in total. The molecule has 10 heteroatoms. The maximum atomic E-state index is 14.1. The first kappa shape index (κ1) is 28.4. The molecule has 1 aromatic heterocycles. The first-order valence-electron chi connectivity index (χ1n) is 13.6. The zero-order valence-electron chi connectivity index (χ0n) is 23.3. The number of aryl methyl sites for hydroxylation is 1. The van der Waals surface area contributed by atoms with Gasteiger partial charge in [0.05, 0.1) is 47.9 Å². The number of benzene rings is 2. The van der Waals surface area contributed by atoms with Crippen LogP contribution in [0.25, 0.3) is 10.4 Å². The highest BCUT2D eigenvalue weighted by Gasteiger charge is 2.45. The number of nitrogens with one attached hydrogen (secondary N) is 1. The van der Waals surface area contributed by atoms with E-state index in [0.29, 0.717) is 25.3 Å². The molecule has 0 bridgehead atoms. The van der Waals surface area contributed by atoms with Gasteiger partial charge in [0.25, 0.3) is 0 Å². The number of hydroxylamine groups is 1. The standard InChI is InChI=1S/C30H37N5O4S/c1-18(2)26(35-15-22-7-5-6-8-24(22)29(35)37)30(38)34-16-23(36)13-25(34)28(33-39-4)31-14-20-9-11-21(12-10-20)27-19(3)32-17-40-27/h5-12,17-18,23,25-26,29,36-37H,13-16H2,1-4H3,(H,31,33)/t23-,25+,26+,29?/m1/s1. The molecule has 212 valence electrons. The second-order valence-electron chi connectivity index (χ2n) is 10.8. The Labute approximate surface area is 239 Å². The van der Waals surface area contributed by atoms with E-state index in [1.807, 2.05) is 67.6 Å². The second kappa shape index (κ2) is 12.2. The summed E-state index contributed by atoms with van der Waals surface area (Å²) in [6, 6.07) is 14.9. The maximum Gasteiger partial charge on any atom is 0.241 e. The van der Waals surface area contributed by atoms with Gasteiger partial charge in [-0.1, -0.05) is 62.4 Å². The van der Waals surface area contributed by atoms with Gasteiger partial charge in [0.2, 0.25) is 5.91 Å². The number of rotatable bonds is 8. The van der Waals surface area contributed by atoms with Crippen molar-refractivity contribution in [3.05, 3.63) is 76.4 Å². The van der Waals surface area contributed by atoms with Crippen LogP contribution in [0.1, 0.15) is 48.9 Å². The van der Waals surface area contributed by atoms with Gasteiger partial charge in [-0.15, -0.1) is 11.3 Å². The smallest absolute Gasteiger partial charge is 0.241 e. The molecular formula is C30H37N5O4S. The van der Waals surface area contributed by atoms with Gasteiger partial charge in [0.15, 0.2) is 0 Å². The van der Waals surface area contributed by atoms with Crippen molar-refractivity contribution in [2.75, 3.05) is 13.7 Å². The average Bonchev–Trinajstić information content (AvgIpc) is 3.64. The largest absolute Gasteiger partial charge is 0.391 e. The molecule has 0 radical (unpaired) electrons. The van der Waals surface area contributed by atoms with Crippen LogP contribution in [0.5, 0.6) is 0 Å². The van der Waals surface area contributed by atoms with E-state index in [9.17, 15) is 15.0 Å². The van der Waals surface area contributed by atoms with Crippen LogP contribution < -0.4 is 5.48 Å². The highest BCUT2D eigenvalue weighted by atomic mass is 32.1. The summed E-state index contributed by atoms with van der Waals surface area (Å²) in [7, 11) is 1.51. The fourth-order valence-corrected chi connectivity index (χ4v) is 6.58. The lowest BCUT2D eigenvalue weighted by Gasteiger charge is -2.37. The third-order valence-electron chi connectivity index (χ3n) is 7.72. The van der Waals surface area contributed by atoms with Crippen molar-refractivity contribution in [1.82, 2.24) is 20.3 Å². The van der Waals surface area contributed by atoms with E-state index < -0.39 is 24.4 Å². The van der Waals surface area contributed by atoms with E-state index in [1.165, 1.54) is 7.11 Å². The molecule has 2 aromatic carbocycles. The minimum absolute atomic E-state index is 0.0636. The normalized spacial score (nSPS) is 22.1. The van der Waals surface area contributed by atoms with E-state index in [-0.39, 0.29) is 18.4 Å². The number of hydrogen-bond donors (Lipinski definition) is 3. The van der Waals surface area contributed by atoms with Gasteiger partial charge in [-0.3, -0.25) is 25.0 Å². The number of nitrogens with zero attached hydrogens (tertiary/aromatic N) is 4. The molecule has 40 heavy (non-hydrogen) atoms. The van der Waals surface area contributed by atoms with Crippen LogP contribution in [0.3, 0.4) is 0 Å². The minimum atomic E-state index is -0.861. The number of amidine groups is 1. The number of carbonyl (C=O) groups excluding carboxylic acids is 1.